The summed E-state index contributed by atoms with van der Waals surface area (Å²) >= 11 is 0. The summed E-state index contributed by atoms with van der Waals surface area (Å²) in [5.41, 5.74) is 0. The smallest absolute Gasteiger partial charge is 0.326 e. The average Bonchev–Trinajstić information content (AvgIpc) is 2.65. The number of β-amino-alcohol motifs (C(OH)–C–C–N with tert-alkyl or cyclic N) is 2. The van der Waals surface area contributed by atoms with Crippen molar-refractivity contribution < 1.29 is 24.9 Å². The number of carboxylic acids is 1. The number of carbonyl (C=O) groups is 2. The van der Waals surface area contributed by atoms with Crippen molar-refractivity contribution in [2.45, 2.75) is 38.5 Å². The third kappa shape index (κ3) is 3.33. The van der Waals surface area contributed by atoms with Crippen LogP contribution in [0.4, 0.5) is 4.79 Å². The number of aliphatic carboxylic acids is 1. The molecule has 7 heteroatoms. The van der Waals surface area contributed by atoms with Crippen LogP contribution in [0, 0.1) is 5.92 Å². The van der Waals surface area contributed by atoms with Gasteiger partial charge in [-0.1, -0.05) is 20.3 Å². The summed E-state index contributed by atoms with van der Waals surface area (Å²) in [6.07, 6.45) is -1.31. The first-order valence-corrected chi connectivity index (χ1v) is 6.01. The number of amides is 2. The number of likely N-dealkylation sites (tertiary alicyclic amines) is 1. The van der Waals surface area contributed by atoms with E-state index in [0.717, 1.165) is 0 Å². The van der Waals surface area contributed by atoms with Crippen molar-refractivity contribution in [1.29, 1.82) is 0 Å². The Labute approximate surface area is 105 Å². The van der Waals surface area contributed by atoms with E-state index in [9.17, 15) is 19.8 Å². The van der Waals surface area contributed by atoms with E-state index in [1.54, 1.807) is 6.92 Å². The first-order valence-electron chi connectivity index (χ1n) is 6.01. The van der Waals surface area contributed by atoms with Crippen LogP contribution < -0.4 is 5.32 Å². The molecule has 4 N–H and O–H groups in total. The highest BCUT2D eigenvalue weighted by Crippen LogP contribution is 2.12. The van der Waals surface area contributed by atoms with Crippen molar-refractivity contribution in [3.05, 3.63) is 0 Å². The fourth-order valence-corrected chi connectivity index (χ4v) is 1.84. The van der Waals surface area contributed by atoms with Crippen molar-refractivity contribution >= 4 is 12.0 Å². The maximum absolute atomic E-state index is 11.8. The number of hydrogen-bond acceptors (Lipinski definition) is 4. The van der Waals surface area contributed by atoms with Crippen LogP contribution in [0.15, 0.2) is 0 Å². The number of carboxylic acid groups (broad SMARTS) is 1. The number of carbonyl (C=O) groups excluding carboxylic acids is 1. The molecule has 1 aliphatic rings. The highest BCUT2D eigenvalue weighted by atomic mass is 16.4. The molecule has 18 heavy (non-hydrogen) atoms. The Morgan fingerprint density at radius 3 is 2.22 bits per heavy atom. The number of nitrogens with one attached hydrogen (secondary N) is 1. The standard InChI is InChI=1S/C11H20N2O5/c1-3-6(2)9(10(16)17)12-11(18)13-4-7(14)8(15)5-13/h6-9,14-15H,3-5H2,1-2H3,(H,12,18)(H,16,17)/t6?,7?,8?,9-/m0/s1. The quantitative estimate of drug-likeness (QED) is 0.530. The molecule has 0 aromatic heterocycles. The molecule has 0 aromatic carbocycles. The Hall–Kier alpha value is -1.34. The molecule has 0 radical (unpaired) electrons. The molecular weight excluding hydrogens is 240 g/mol. The normalized spacial score (nSPS) is 26.8. The Morgan fingerprint density at radius 2 is 1.83 bits per heavy atom. The van der Waals surface area contributed by atoms with Gasteiger partial charge in [-0.05, 0) is 5.92 Å². The molecule has 1 saturated heterocycles. The molecule has 1 rings (SSSR count). The predicted octanol–water partition coefficient (Wildman–Crippen LogP) is -0.767. The molecule has 0 bridgehead atoms. The zero-order chi connectivity index (χ0) is 13.9. The second-order valence-electron chi connectivity index (χ2n) is 4.69. The van der Waals surface area contributed by atoms with Gasteiger partial charge in [0, 0.05) is 0 Å². The third-order valence-electron chi connectivity index (χ3n) is 3.30. The summed E-state index contributed by atoms with van der Waals surface area (Å²) in [5, 5.41) is 30.1. The fraction of sp³-hybridized carbons (Fsp3) is 0.818. The lowest BCUT2D eigenvalue weighted by atomic mass is 9.99. The topological polar surface area (TPSA) is 110 Å². The molecular formula is C11H20N2O5. The number of aliphatic hydroxyl groups excluding tert-OH is 2. The largest absolute Gasteiger partial charge is 0.480 e. The second kappa shape index (κ2) is 6.01. The van der Waals surface area contributed by atoms with Gasteiger partial charge < -0.3 is 25.5 Å². The van der Waals surface area contributed by atoms with Gasteiger partial charge in [-0.15, -0.1) is 0 Å². The van der Waals surface area contributed by atoms with E-state index in [0.29, 0.717) is 6.42 Å². The molecule has 4 atom stereocenters. The van der Waals surface area contributed by atoms with E-state index in [2.05, 4.69) is 5.32 Å². The molecule has 0 aliphatic carbocycles. The number of rotatable bonds is 4. The molecule has 1 fully saturated rings. The Kier molecular flexibility index (Phi) is 4.92. The lowest BCUT2D eigenvalue weighted by Gasteiger charge is -2.24. The lowest BCUT2D eigenvalue weighted by Crippen LogP contribution is -2.50. The number of urea groups is 1. The molecule has 104 valence electrons. The Bertz CT molecular complexity index is 313. The Balaban J connectivity index is 2.60. The monoisotopic (exact) mass is 260 g/mol. The summed E-state index contributed by atoms with van der Waals surface area (Å²) in [6.45, 7) is 3.61. The van der Waals surface area contributed by atoms with Crippen LogP contribution in [-0.4, -0.2) is 63.6 Å². The van der Waals surface area contributed by atoms with Gasteiger partial charge in [0.25, 0.3) is 0 Å². The van der Waals surface area contributed by atoms with E-state index in [-0.39, 0.29) is 19.0 Å². The minimum atomic E-state index is -1.09. The van der Waals surface area contributed by atoms with Gasteiger partial charge in [0.2, 0.25) is 0 Å². The number of nitrogens with zero attached hydrogens (tertiary/aromatic N) is 1. The van der Waals surface area contributed by atoms with Gasteiger partial charge in [0.1, 0.15) is 6.04 Å². The SMILES string of the molecule is CCC(C)[C@H](NC(=O)N1CC(O)C(O)C1)C(=O)O. The minimum Gasteiger partial charge on any atom is -0.480 e. The summed E-state index contributed by atoms with van der Waals surface area (Å²) in [6, 6.07) is -1.53. The molecule has 0 aromatic rings. The molecule has 3 unspecified atom stereocenters. The highest BCUT2D eigenvalue weighted by Gasteiger charge is 2.35. The number of hydrogen-bond donors (Lipinski definition) is 4. The summed E-state index contributed by atoms with van der Waals surface area (Å²) in [5.74, 6) is -1.28. The fourth-order valence-electron chi connectivity index (χ4n) is 1.84. The second-order valence-corrected chi connectivity index (χ2v) is 4.69. The van der Waals surface area contributed by atoms with Crippen molar-refractivity contribution in [2.75, 3.05) is 13.1 Å². The highest BCUT2D eigenvalue weighted by molar-refractivity contribution is 5.83. The Morgan fingerprint density at radius 1 is 1.33 bits per heavy atom. The van der Waals surface area contributed by atoms with Gasteiger partial charge in [-0.25, -0.2) is 9.59 Å². The number of aliphatic hydroxyl groups is 2. The van der Waals surface area contributed by atoms with E-state index in [1.165, 1.54) is 4.90 Å². The van der Waals surface area contributed by atoms with E-state index in [1.807, 2.05) is 6.92 Å². The molecule has 0 saturated carbocycles. The zero-order valence-corrected chi connectivity index (χ0v) is 10.5. The summed E-state index contributed by atoms with van der Waals surface area (Å²) in [7, 11) is 0. The van der Waals surface area contributed by atoms with Crippen molar-refractivity contribution in [1.82, 2.24) is 10.2 Å². The van der Waals surface area contributed by atoms with Gasteiger partial charge in [-0.3, -0.25) is 0 Å². The van der Waals surface area contributed by atoms with Gasteiger partial charge in [-0.2, -0.15) is 0 Å². The van der Waals surface area contributed by atoms with Gasteiger partial charge in [0.15, 0.2) is 0 Å². The molecule has 0 spiro atoms. The van der Waals surface area contributed by atoms with Crippen LogP contribution in [0.25, 0.3) is 0 Å². The summed E-state index contributed by atoms with van der Waals surface area (Å²) < 4.78 is 0. The van der Waals surface area contributed by atoms with Crippen LogP contribution in [-0.2, 0) is 4.79 Å². The first-order chi connectivity index (χ1) is 8.36. The van der Waals surface area contributed by atoms with E-state index < -0.39 is 30.3 Å². The first kappa shape index (κ1) is 14.7. The third-order valence-corrected chi connectivity index (χ3v) is 3.30. The summed E-state index contributed by atoms with van der Waals surface area (Å²) in [4.78, 5) is 24.1. The van der Waals surface area contributed by atoms with Crippen molar-refractivity contribution in [3.63, 3.8) is 0 Å². The van der Waals surface area contributed by atoms with E-state index in [4.69, 9.17) is 5.11 Å². The van der Waals surface area contributed by atoms with Crippen molar-refractivity contribution in [2.24, 2.45) is 5.92 Å². The predicted molar refractivity (Wildman–Crippen MR) is 63.0 cm³/mol. The molecule has 2 amide bonds. The minimum absolute atomic E-state index is 0.0137. The van der Waals surface area contributed by atoms with E-state index >= 15 is 0 Å². The van der Waals surface area contributed by atoms with Crippen LogP contribution in [0.5, 0.6) is 0 Å². The molecule has 1 heterocycles. The zero-order valence-electron chi connectivity index (χ0n) is 10.5. The maximum Gasteiger partial charge on any atom is 0.326 e. The lowest BCUT2D eigenvalue weighted by molar-refractivity contribution is -0.140. The van der Waals surface area contributed by atoms with Crippen molar-refractivity contribution in [3.8, 4) is 0 Å². The average molecular weight is 260 g/mol. The maximum atomic E-state index is 11.8. The molecule has 1 aliphatic heterocycles. The van der Waals surface area contributed by atoms with Crippen LogP contribution in [0.2, 0.25) is 0 Å². The van der Waals surface area contributed by atoms with Crippen LogP contribution in [0.1, 0.15) is 20.3 Å². The van der Waals surface area contributed by atoms with Crippen LogP contribution >= 0.6 is 0 Å². The molecule has 7 nitrogen and oxygen atoms in total. The van der Waals surface area contributed by atoms with Gasteiger partial charge in [0.05, 0.1) is 25.3 Å². The van der Waals surface area contributed by atoms with Crippen LogP contribution in [0.3, 0.4) is 0 Å². The van der Waals surface area contributed by atoms with Gasteiger partial charge >= 0.3 is 12.0 Å².